The van der Waals surface area contributed by atoms with Crippen molar-refractivity contribution in [3.63, 3.8) is 0 Å². The second-order valence-corrected chi connectivity index (χ2v) is 7.13. The van der Waals surface area contributed by atoms with Crippen LogP contribution in [0.1, 0.15) is 17.3 Å². The number of aryl methyl sites for hydroxylation is 2. The smallest absolute Gasteiger partial charge is 0.280 e. The second-order valence-electron chi connectivity index (χ2n) is 7.13. The minimum atomic E-state index is -0.327. The van der Waals surface area contributed by atoms with Crippen molar-refractivity contribution in [2.24, 2.45) is 0 Å². The van der Waals surface area contributed by atoms with Crippen LogP contribution in [0, 0.1) is 19.7 Å². The Labute approximate surface area is 175 Å². The fraction of sp³-hybridized carbons (Fsp3) is 0.190. The first-order chi connectivity index (χ1) is 15.0. The van der Waals surface area contributed by atoms with Crippen molar-refractivity contribution < 1.29 is 9.13 Å². The average Bonchev–Trinajstić information content (AvgIpc) is 3.29. The number of hydrogen-bond donors (Lipinski definition) is 0. The zero-order valence-corrected chi connectivity index (χ0v) is 17.1. The van der Waals surface area contributed by atoms with Crippen molar-refractivity contribution in [2.75, 3.05) is 7.11 Å². The van der Waals surface area contributed by atoms with E-state index in [1.54, 1.807) is 54.5 Å². The van der Waals surface area contributed by atoms with E-state index in [0.717, 1.165) is 11.1 Å². The van der Waals surface area contributed by atoms with E-state index in [9.17, 15) is 9.18 Å². The van der Waals surface area contributed by atoms with E-state index >= 15 is 0 Å². The van der Waals surface area contributed by atoms with Crippen LogP contribution in [0.3, 0.4) is 0 Å². The summed E-state index contributed by atoms with van der Waals surface area (Å²) in [5, 5.41) is 13.1. The van der Waals surface area contributed by atoms with Crippen LogP contribution in [0.2, 0.25) is 0 Å². The average molecular weight is 419 g/mol. The lowest BCUT2D eigenvalue weighted by molar-refractivity contribution is 0.181. The summed E-state index contributed by atoms with van der Waals surface area (Å²) in [5.74, 6) is 0.855. The normalized spacial score (nSPS) is 11.6. The minimum absolute atomic E-state index is 0.244. The summed E-state index contributed by atoms with van der Waals surface area (Å²) in [6, 6.07) is 7.92. The zero-order chi connectivity index (χ0) is 21.7. The zero-order valence-electron chi connectivity index (χ0n) is 17.1. The summed E-state index contributed by atoms with van der Waals surface area (Å²) >= 11 is 0. The SMILES string of the molecule is COCc1nn2c(ncc3c(=O)n(-n4c(C)nnc4C)ccc32)c1-c1ccc(F)cc1. The van der Waals surface area contributed by atoms with Crippen LogP contribution in [0.4, 0.5) is 4.39 Å². The van der Waals surface area contributed by atoms with Gasteiger partial charge in [0.15, 0.2) is 5.65 Å². The summed E-state index contributed by atoms with van der Waals surface area (Å²) in [6.07, 6.45) is 3.19. The summed E-state index contributed by atoms with van der Waals surface area (Å²) in [4.78, 5) is 17.8. The van der Waals surface area contributed by atoms with E-state index in [0.29, 0.717) is 33.9 Å². The first kappa shape index (κ1) is 19.1. The topological polar surface area (TPSA) is 92.1 Å². The third-order valence-electron chi connectivity index (χ3n) is 5.15. The third-order valence-corrected chi connectivity index (χ3v) is 5.15. The second kappa shape index (κ2) is 7.10. The van der Waals surface area contributed by atoms with Crippen LogP contribution in [-0.2, 0) is 11.3 Å². The van der Waals surface area contributed by atoms with Gasteiger partial charge in [0.25, 0.3) is 5.56 Å². The molecule has 10 heteroatoms. The van der Waals surface area contributed by atoms with Crippen molar-refractivity contribution in [2.45, 2.75) is 20.5 Å². The lowest BCUT2D eigenvalue weighted by Crippen LogP contribution is -2.27. The van der Waals surface area contributed by atoms with Gasteiger partial charge in [-0.2, -0.15) is 5.10 Å². The number of rotatable bonds is 4. The van der Waals surface area contributed by atoms with E-state index in [-0.39, 0.29) is 18.0 Å². The van der Waals surface area contributed by atoms with Crippen LogP contribution < -0.4 is 5.56 Å². The molecule has 0 bridgehead atoms. The van der Waals surface area contributed by atoms with Crippen molar-refractivity contribution in [1.29, 1.82) is 0 Å². The van der Waals surface area contributed by atoms with Crippen molar-refractivity contribution in [3.8, 4) is 11.1 Å². The maximum Gasteiger partial charge on any atom is 0.280 e. The van der Waals surface area contributed by atoms with Gasteiger partial charge in [-0.25, -0.2) is 23.2 Å². The van der Waals surface area contributed by atoms with Gasteiger partial charge in [0.2, 0.25) is 0 Å². The Balaban J connectivity index is 1.79. The van der Waals surface area contributed by atoms with Gasteiger partial charge in [0, 0.05) is 19.5 Å². The number of fused-ring (bicyclic) bond motifs is 3. The Morgan fingerprint density at radius 2 is 1.77 bits per heavy atom. The molecule has 0 atom stereocenters. The molecular weight excluding hydrogens is 401 g/mol. The number of methoxy groups -OCH3 is 1. The fourth-order valence-corrected chi connectivity index (χ4v) is 3.79. The molecule has 0 fully saturated rings. The molecule has 0 saturated carbocycles. The number of pyridine rings is 1. The van der Waals surface area contributed by atoms with Crippen LogP contribution in [-0.4, -0.2) is 41.3 Å². The largest absolute Gasteiger partial charge is 0.378 e. The van der Waals surface area contributed by atoms with Gasteiger partial charge in [0.1, 0.15) is 17.5 Å². The van der Waals surface area contributed by atoms with Gasteiger partial charge in [-0.05, 0) is 37.6 Å². The van der Waals surface area contributed by atoms with Gasteiger partial charge in [0.05, 0.1) is 28.8 Å². The van der Waals surface area contributed by atoms with Crippen LogP contribution in [0.25, 0.3) is 27.7 Å². The number of halogens is 1. The number of ether oxygens (including phenoxy) is 1. The van der Waals surface area contributed by atoms with Crippen molar-refractivity contribution >= 4 is 16.6 Å². The van der Waals surface area contributed by atoms with Gasteiger partial charge >= 0.3 is 0 Å². The molecule has 0 spiro atoms. The summed E-state index contributed by atoms with van der Waals surface area (Å²) in [6.45, 7) is 3.79. The third kappa shape index (κ3) is 2.91. The Morgan fingerprint density at radius 1 is 1.06 bits per heavy atom. The molecule has 4 aromatic heterocycles. The molecule has 1 aromatic carbocycles. The summed E-state index contributed by atoms with van der Waals surface area (Å²) in [7, 11) is 1.58. The van der Waals surface area contributed by atoms with Crippen LogP contribution in [0.5, 0.6) is 0 Å². The monoisotopic (exact) mass is 419 g/mol. The molecular formula is C21H18FN7O2. The van der Waals surface area contributed by atoms with Gasteiger partial charge in [-0.1, -0.05) is 12.1 Å². The fourth-order valence-electron chi connectivity index (χ4n) is 3.79. The summed E-state index contributed by atoms with van der Waals surface area (Å²) in [5.41, 5.74) is 3.02. The Hall–Kier alpha value is -3.92. The van der Waals surface area contributed by atoms with E-state index in [4.69, 9.17) is 4.74 Å². The molecule has 0 amide bonds. The highest BCUT2D eigenvalue weighted by atomic mass is 19.1. The van der Waals surface area contributed by atoms with Gasteiger partial charge < -0.3 is 4.74 Å². The van der Waals surface area contributed by atoms with Crippen LogP contribution in [0.15, 0.2) is 47.5 Å². The highest BCUT2D eigenvalue weighted by molar-refractivity contribution is 5.86. The van der Waals surface area contributed by atoms with Crippen LogP contribution >= 0.6 is 0 Å². The molecule has 0 aliphatic rings. The first-order valence-corrected chi connectivity index (χ1v) is 9.55. The summed E-state index contributed by atoms with van der Waals surface area (Å²) < 4.78 is 23.5. The molecule has 0 N–H and O–H groups in total. The standard InChI is InChI=1S/C21H18FN7O2/c1-12-24-25-13(2)29(12)27-9-8-18-16(21(27)30)10-23-20-19(14-4-6-15(22)7-5-14)17(11-31-3)26-28(18)20/h4-10H,11H2,1-3H3. The van der Waals surface area contributed by atoms with Gasteiger partial charge in [-0.3, -0.25) is 4.79 Å². The molecule has 156 valence electrons. The molecule has 0 saturated heterocycles. The Bertz CT molecular complexity index is 1480. The van der Waals surface area contributed by atoms with Crippen molar-refractivity contribution in [3.05, 3.63) is 76.2 Å². The molecule has 5 rings (SSSR count). The Morgan fingerprint density at radius 3 is 2.45 bits per heavy atom. The molecule has 31 heavy (non-hydrogen) atoms. The molecule has 4 heterocycles. The highest BCUT2D eigenvalue weighted by Gasteiger charge is 2.19. The highest BCUT2D eigenvalue weighted by Crippen LogP contribution is 2.29. The molecule has 0 aliphatic carbocycles. The predicted octanol–water partition coefficient (Wildman–Crippen LogP) is 2.52. The lowest BCUT2D eigenvalue weighted by Gasteiger charge is -2.11. The maximum absolute atomic E-state index is 13.4. The molecule has 0 radical (unpaired) electrons. The molecule has 9 nitrogen and oxygen atoms in total. The number of nitrogens with zero attached hydrogens (tertiary/aromatic N) is 7. The minimum Gasteiger partial charge on any atom is -0.378 e. The van der Waals surface area contributed by atoms with Gasteiger partial charge in [-0.15, -0.1) is 10.2 Å². The predicted molar refractivity (Wildman–Crippen MR) is 111 cm³/mol. The molecule has 0 aliphatic heterocycles. The van der Waals surface area contributed by atoms with E-state index in [2.05, 4.69) is 20.3 Å². The lowest BCUT2D eigenvalue weighted by atomic mass is 10.1. The van der Waals surface area contributed by atoms with E-state index in [1.165, 1.54) is 23.0 Å². The van der Waals surface area contributed by atoms with E-state index < -0.39 is 0 Å². The quantitative estimate of drug-likeness (QED) is 0.445. The Kier molecular flexibility index (Phi) is 4.36. The number of aromatic nitrogens is 7. The number of benzene rings is 1. The van der Waals surface area contributed by atoms with E-state index in [1.807, 2.05) is 0 Å². The molecule has 5 aromatic rings. The molecule has 0 unspecified atom stereocenters. The van der Waals surface area contributed by atoms with Crippen molar-refractivity contribution in [1.82, 2.24) is 34.1 Å². The number of hydrogen-bond acceptors (Lipinski definition) is 6. The first-order valence-electron chi connectivity index (χ1n) is 9.55. The maximum atomic E-state index is 13.4.